The number of ether oxygens (including phenoxy) is 1. The molecule has 2 saturated heterocycles. The molecule has 0 aromatic heterocycles. The molecule has 1 aromatic rings. The van der Waals surface area contributed by atoms with Gasteiger partial charge < -0.3 is 9.64 Å². The summed E-state index contributed by atoms with van der Waals surface area (Å²) >= 11 is 0. The lowest BCUT2D eigenvalue weighted by Gasteiger charge is -2.36. The fourth-order valence-electron chi connectivity index (χ4n) is 3.67. The standard InChI is InChI=1S/C18H27N3O4S/c1-15-4-3-5-16(14-15)26(23,24)21-10-8-19(9-11-21)17-6-7-20(18(17)22)12-13-25-2/h3-5,14,17H,6-13H2,1-2H3. The first-order valence-electron chi connectivity index (χ1n) is 9.02. The van der Waals surface area contributed by atoms with Gasteiger partial charge in [0.05, 0.1) is 17.5 Å². The smallest absolute Gasteiger partial charge is 0.243 e. The third kappa shape index (κ3) is 3.93. The van der Waals surface area contributed by atoms with Crippen molar-refractivity contribution in [1.29, 1.82) is 0 Å². The fraction of sp³-hybridized carbons (Fsp3) is 0.611. The topological polar surface area (TPSA) is 70.2 Å². The second-order valence-corrected chi connectivity index (χ2v) is 8.82. The Morgan fingerprint density at radius 2 is 1.88 bits per heavy atom. The van der Waals surface area contributed by atoms with E-state index >= 15 is 0 Å². The SMILES string of the molecule is COCCN1CCC(N2CCN(S(=O)(=O)c3cccc(C)c3)CC2)C1=O. The molecule has 1 unspecified atom stereocenters. The normalized spacial score (nSPS) is 22.9. The summed E-state index contributed by atoms with van der Waals surface area (Å²) in [5.41, 5.74) is 0.928. The molecule has 2 aliphatic heterocycles. The number of likely N-dealkylation sites (tertiary alicyclic amines) is 1. The predicted molar refractivity (Wildman–Crippen MR) is 98.4 cm³/mol. The Balaban J connectivity index is 1.60. The molecule has 2 fully saturated rings. The minimum absolute atomic E-state index is 0.129. The quantitative estimate of drug-likeness (QED) is 0.720. The first-order chi connectivity index (χ1) is 12.4. The molecule has 2 heterocycles. The highest BCUT2D eigenvalue weighted by molar-refractivity contribution is 7.89. The van der Waals surface area contributed by atoms with E-state index in [0.717, 1.165) is 18.5 Å². The van der Waals surface area contributed by atoms with Crippen LogP contribution in [0.4, 0.5) is 0 Å². The van der Waals surface area contributed by atoms with Crippen molar-refractivity contribution in [1.82, 2.24) is 14.1 Å². The summed E-state index contributed by atoms with van der Waals surface area (Å²) in [6.45, 7) is 5.79. The lowest BCUT2D eigenvalue weighted by molar-refractivity contribution is -0.133. The highest BCUT2D eigenvalue weighted by Crippen LogP contribution is 2.22. The van der Waals surface area contributed by atoms with E-state index in [1.54, 1.807) is 25.3 Å². The van der Waals surface area contributed by atoms with Crippen LogP contribution in [-0.4, -0.2) is 87.5 Å². The average Bonchev–Trinajstić information content (AvgIpc) is 3.00. The Morgan fingerprint density at radius 1 is 1.15 bits per heavy atom. The van der Waals surface area contributed by atoms with Crippen LogP contribution in [-0.2, 0) is 19.6 Å². The maximum Gasteiger partial charge on any atom is 0.243 e. The van der Waals surface area contributed by atoms with Crippen molar-refractivity contribution in [3.05, 3.63) is 29.8 Å². The molecule has 3 rings (SSSR count). The van der Waals surface area contributed by atoms with Crippen molar-refractivity contribution in [2.45, 2.75) is 24.3 Å². The van der Waals surface area contributed by atoms with E-state index in [1.165, 1.54) is 4.31 Å². The van der Waals surface area contributed by atoms with E-state index in [-0.39, 0.29) is 11.9 Å². The molecule has 0 radical (unpaired) electrons. The van der Waals surface area contributed by atoms with Crippen LogP contribution in [0.15, 0.2) is 29.2 Å². The molecule has 0 bridgehead atoms. The molecular weight excluding hydrogens is 354 g/mol. The number of sulfonamides is 1. The summed E-state index contributed by atoms with van der Waals surface area (Å²) in [6, 6.07) is 6.87. The zero-order chi connectivity index (χ0) is 18.7. The summed E-state index contributed by atoms with van der Waals surface area (Å²) in [4.78, 5) is 16.8. The first kappa shape index (κ1) is 19.3. The van der Waals surface area contributed by atoms with Crippen molar-refractivity contribution in [3.63, 3.8) is 0 Å². The third-order valence-electron chi connectivity index (χ3n) is 5.18. The Kier molecular flexibility index (Phi) is 5.96. The number of rotatable bonds is 6. The van der Waals surface area contributed by atoms with Gasteiger partial charge in [0, 0.05) is 46.4 Å². The van der Waals surface area contributed by atoms with Gasteiger partial charge in [0.25, 0.3) is 0 Å². The number of hydrogen-bond acceptors (Lipinski definition) is 5. The van der Waals surface area contributed by atoms with Crippen LogP contribution in [0.2, 0.25) is 0 Å². The van der Waals surface area contributed by atoms with Crippen LogP contribution in [0.5, 0.6) is 0 Å². The molecule has 0 aliphatic carbocycles. The molecule has 0 N–H and O–H groups in total. The molecule has 0 spiro atoms. The molecule has 2 aliphatic rings. The largest absolute Gasteiger partial charge is 0.383 e. The summed E-state index contributed by atoms with van der Waals surface area (Å²) in [7, 11) is -1.84. The lowest BCUT2D eigenvalue weighted by atomic mass is 10.2. The van der Waals surface area contributed by atoms with Crippen molar-refractivity contribution in [2.24, 2.45) is 0 Å². The molecule has 8 heteroatoms. The second kappa shape index (κ2) is 8.04. The number of benzene rings is 1. The monoisotopic (exact) mass is 381 g/mol. The van der Waals surface area contributed by atoms with Gasteiger partial charge in [0.15, 0.2) is 0 Å². The molecule has 26 heavy (non-hydrogen) atoms. The third-order valence-corrected chi connectivity index (χ3v) is 7.07. The summed E-state index contributed by atoms with van der Waals surface area (Å²) < 4.78 is 32.2. The highest BCUT2D eigenvalue weighted by atomic mass is 32.2. The van der Waals surface area contributed by atoms with Crippen LogP contribution >= 0.6 is 0 Å². The maximum absolute atomic E-state index is 12.8. The van der Waals surface area contributed by atoms with E-state index in [9.17, 15) is 13.2 Å². The Bertz CT molecular complexity index is 745. The number of aryl methyl sites for hydroxylation is 1. The van der Waals surface area contributed by atoms with Crippen LogP contribution in [0.3, 0.4) is 0 Å². The van der Waals surface area contributed by atoms with Gasteiger partial charge in [-0.05, 0) is 31.0 Å². The van der Waals surface area contributed by atoms with Gasteiger partial charge in [0.1, 0.15) is 0 Å². The van der Waals surface area contributed by atoms with Gasteiger partial charge in [-0.15, -0.1) is 0 Å². The number of amides is 1. The average molecular weight is 381 g/mol. The van der Waals surface area contributed by atoms with Gasteiger partial charge in [-0.1, -0.05) is 12.1 Å². The zero-order valence-corrected chi connectivity index (χ0v) is 16.2. The van der Waals surface area contributed by atoms with E-state index < -0.39 is 10.0 Å². The number of nitrogens with zero attached hydrogens (tertiary/aromatic N) is 3. The minimum Gasteiger partial charge on any atom is -0.383 e. The van der Waals surface area contributed by atoms with E-state index in [2.05, 4.69) is 4.90 Å². The van der Waals surface area contributed by atoms with E-state index in [0.29, 0.717) is 44.2 Å². The fourth-order valence-corrected chi connectivity index (χ4v) is 5.19. The van der Waals surface area contributed by atoms with Crippen LogP contribution < -0.4 is 0 Å². The van der Waals surface area contributed by atoms with Gasteiger partial charge in [-0.25, -0.2) is 8.42 Å². The molecule has 0 saturated carbocycles. The van der Waals surface area contributed by atoms with E-state index in [1.807, 2.05) is 17.9 Å². The summed E-state index contributed by atoms with van der Waals surface area (Å²) in [6.07, 6.45) is 0.799. The highest BCUT2D eigenvalue weighted by Gasteiger charge is 2.38. The van der Waals surface area contributed by atoms with Gasteiger partial charge in [0.2, 0.25) is 15.9 Å². The molecular formula is C18H27N3O4S. The Morgan fingerprint density at radius 3 is 2.54 bits per heavy atom. The molecule has 1 atom stereocenters. The number of methoxy groups -OCH3 is 1. The van der Waals surface area contributed by atoms with Gasteiger partial charge in [-0.3, -0.25) is 9.69 Å². The van der Waals surface area contributed by atoms with Crippen LogP contribution in [0.25, 0.3) is 0 Å². The van der Waals surface area contributed by atoms with E-state index in [4.69, 9.17) is 4.74 Å². The lowest BCUT2D eigenvalue weighted by Crippen LogP contribution is -2.53. The van der Waals surface area contributed by atoms with Gasteiger partial charge >= 0.3 is 0 Å². The van der Waals surface area contributed by atoms with Crippen LogP contribution in [0, 0.1) is 6.92 Å². The van der Waals surface area contributed by atoms with Crippen molar-refractivity contribution in [2.75, 3.05) is 53.0 Å². The molecule has 1 aromatic carbocycles. The number of carbonyl (C=O) groups excluding carboxylic acids is 1. The summed E-state index contributed by atoms with van der Waals surface area (Å²) in [5.74, 6) is 0.136. The van der Waals surface area contributed by atoms with Crippen molar-refractivity contribution < 1.29 is 17.9 Å². The van der Waals surface area contributed by atoms with Crippen molar-refractivity contribution >= 4 is 15.9 Å². The predicted octanol–water partition coefficient (Wildman–Crippen LogP) is 0.549. The molecule has 1 amide bonds. The van der Waals surface area contributed by atoms with Gasteiger partial charge in [-0.2, -0.15) is 4.31 Å². The molecule has 7 nitrogen and oxygen atoms in total. The minimum atomic E-state index is -3.47. The second-order valence-electron chi connectivity index (χ2n) is 6.88. The van der Waals surface area contributed by atoms with Crippen molar-refractivity contribution in [3.8, 4) is 0 Å². The first-order valence-corrected chi connectivity index (χ1v) is 10.5. The Hall–Kier alpha value is -1.48. The number of piperazine rings is 1. The maximum atomic E-state index is 12.8. The Labute approximate surface area is 155 Å². The summed E-state index contributed by atoms with van der Waals surface area (Å²) in [5, 5.41) is 0. The number of hydrogen-bond donors (Lipinski definition) is 0. The molecule has 144 valence electrons. The van der Waals surface area contributed by atoms with Crippen LogP contribution in [0.1, 0.15) is 12.0 Å². The zero-order valence-electron chi connectivity index (χ0n) is 15.4. The number of carbonyl (C=O) groups is 1.